The molecule has 6 heteroatoms. The van der Waals surface area contributed by atoms with Gasteiger partial charge in [0.15, 0.2) is 0 Å². The van der Waals surface area contributed by atoms with Crippen LogP contribution in [0.3, 0.4) is 0 Å². The van der Waals surface area contributed by atoms with Crippen LogP contribution in [0.2, 0.25) is 0 Å². The van der Waals surface area contributed by atoms with Crippen molar-refractivity contribution in [2.75, 3.05) is 25.6 Å². The van der Waals surface area contributed by atoms with Gasteiger partial charge in [0, 0.05) is 13.7 Å². The lowest BCUT2D eigenvalue weighted by Crippen LogP contribution is -2.28. The Morgan fingerprint density at radius 1 is 1.17 bits per heavy atom. The van der Waals surface area contributed by atoms with Crippen molar-refractivity contribution in [1.82, 2.24) is 5.32 Å². The van der Waals surface area contributed by atoms with E-state index < -0.39 is 0 Å². The fourth-order valence-corrected chi connectivity index (χ4v) is 2.03. The molecule has 0 aromatic heterocycles. The van der Waals surface area contributed by atoms with Gasteiger partial charge in [-0.25, -0.2) is 4.79 Å². The summed E-state index contributed by atoms with van der Waals surface area (Å²) in [4.78, 5) is 12.1. The Hall–Kier alpha value is -3.04. The van der Waals surface area contributed by atoms with Crippen LogP contribution < -0.4 is 15.4 Å². The summed E-state index contributed by atoms with van der Waals surface area (Å²) < 4.78 is 10.5. The number of amides is 2. The molecule has 0 saturated carbocycles. The third-order valence-electron chi connectivity index (χ3n) is 3.19. The maximum Gasteiger partial charge on any atom is 0.319 e. The van der Waals surface area contributed by atoms with E-state index >= 15 is 0 Å². The third-order valence-corrected chi connectivity index (χ3v) is 3.19. The summed E-state index contributed by atoms with van der Waals surface area (Å²) in [5, 5.41) is 14.4. The lowest BCUT2D eigenvalue weighted by atomic mass is 10.1. The number of nitrogens with zero attached hydrogens (tertiary/aromatic N) is 1. The van der Waals surface area contributed by atoms with Crippen molar-refractivity contribution in [1.29, 1.82) is 5.26 Å². The summed E-state index contributed by atoms with van der Waals surface area (Å²) in [5.74, 6) is 0.580. The first-order valence-corrected chi connectivity index (χ1v) is 7.47. The van der Waals surface area contributed by atoms with Gasteiger partial charge in [-0.15, -0.1) is 0 Å². The molecule has 0 spiro atoms. The average molecular weight is 325 g/mol. The van der Waals surface area contributed by atoms with Gasteiger partial charge in [0.25, 0.3) is 0 Å². The Bertz CT molecular complexity index is 725. The Morgan fingerprint density at radius 2 is 2.00 bits per heavy atom. The van der Waals surface area contributed by atoms with Crippen molar-refractivity contribution in [2.24, 2.45) is 0 Å². The Labute approximate surface area is 141 Å². The summed E-state index contributed by atoms with van der Waals surface area (Å²) in [6, 6.07) is 16.0. The highest BCUT2D eigenvalue weighted by atomic mass is 16.5. The SMILES string of the molecule is COCCOc1ccccc1NC(=O)NCc1cccc(C#N)c1. The second kappa shape index (κ2) is 9.18. The summed E-state index contributed by atoms with van der Waals surface area (Å²) in [6.45, 7) is 1.20. The predicted molar refractivity (Wildman–Crippen MR) is 90.8 cm³/mol. The molecule has 0 aliphatic heterocycles. The zero-order valence-electron chi connectivity index (χ0n) is 13.4. The highest BCUT2D eigenvalue weighted by molar-refractivity contribution is 5.90. The number of hydrogen-bond donors (Lipinski definition) is 2. The van der Waals surface area contributed by atoms with Crippen LogP contribution in [-0.4, -0.2) is 26.4 Å². The predicted octanol–water partition coefficient (Wildman–Crippen LogP) is 2.91. The average Bonchev–Trinajstić information content (AvgIpc) is 2.62. The first-order chi connectivity index (χ1) is 11.7. The number of ether oxygens (including phenoxy) is 2. The highest BCUT2D eigenvalue weighted by Crippen LogP contribution is 2.23. The van der Waals surface area contributed by atoms with Gasteiger partial charge in [-0.2, -0.15) is 5.26 Å². The number of urea groups is 1. The van der Waals surface area contributed by atoms with Crippen molar-refractivity contribution in [3.8, 4) is 11.8 Å². The minimum absolute atomic E-state index is 0.327. The van der Waals surface area contributed by atoms with Crippen LogP contribution in [-0.2, 0) is 11.3 Å². The first-order valence-electron chi connectivity index (χ1n) is 7.47. The van der Waals surface area contributed by atoms with E-state index in [4.69, 9.17) is 14.7 Å². The molecule has 2 rings (SSSR count). The first kappa shape index (κ1) is 17.3. The molecule has 0 radical (unpaired) electrons. The molecule has 0 fully saturated rings. The standard InChI is InChI=1S/C18H19N3O3/c1-23-9-10-24-17-8-3-2-7-16(17)21-18(22)20-13-15-6-4-5-14(11-15)12-19/h2-8,11H,9-10,13H2,1H3,(H2,20,21,22). The second-order valence-corrected chi connectivity index (χ2v) is 4.96. The van der Waals surface area contributed by atoms with Crippen LogP contribution in [0, 0.1) is 11.3 Å². The van der Waals surface area contributed by atoms with Crippen LogP contribution in [0.4, 0.5) is 10.5 Å². The molecule has 2 amide bonds. The van der Waals surface area contributed by atoms with E-state index in [2.05, 4.69) is 16.7 Å². The zero-order chi connectivity index (χ0) is 17.2. The molecule has 0 unspecified atom stereocenters. The van der Waals surface area contributed by atoms with Crippen LogP contribution in [0.1, 0.15) is 11.1 Å². The van der Waals surface area contributed by atoms with E-state index in [1.54, 1.807) is 37.4 Å². The van der Waals surface area contributed by atoms with E-state index in [0.717, 1.165) is 5.56 Å². The number of carbonyl (C=O) groups is 1. The third kappa shape index (κ3) is 5.30. The molecule has 0 aliphatic carbocycles. The Morgan fingerprint density at radius 3 is 2.79 bits per heavy atom. The van der Waals surface area contributed by atoms with Gasteiger partial charge in [-0.1, -0.05) is 24.3 Å². The van der Waals surface area contributed by atoms with Crippen LogP contribution in [0.5, 0.6) is 5.75 Å². The van der Waals surface area contributed by atoms with Crippen LogP contribution in [0.25, 0.3) is 0 Å². The number of para-hydroxylation sites is 2. The lowest BCUT2D eigenvalue weighted by Gasteiger charge is -2.13. The molecule has 0 saturated heterocycles. The van der Waals surface area contributed by atoms with Gasteiger partial charge in [0.1, 0.15) is 12.4 Å². The topological polar surface area (TPSA) is 83.4 Å². The Kier molecular flexibility index (Phi) is 6.62. The highest BCUT2D eigenvalue weighted by Gasteiger charge is 2.07. The zero-order valence-corrected chi connectivity index (χ0v) is 13.4. The molecule has 2 aromatic rings. The molecule has 6 nitrogen and oxygen atoms in total. The number of nitrogens with one attached hydrogen (secondary N) is 2. The van der Waals surface area contributed by atoms with Crippen molar-refractivity contribution in [2.45, 2.75) is 6.54 Å². The van der Waals surface area contributed by atoms with Crippen molar-refractivity contribution < 1.29 is 14.3 Å². The maximum atomic E-state index is 12.1. The van der Waals surface area contributed by atoms with Crippen molar-refractivity contribution in [3.05, 3.63) is 59.7 Å². The molecule has 2 N–H and O–H groups in total. The van der Waals surface area contributed by atoms with Gasteiger partial charge in [0.2, 0.25) is 0 Å². The van der Waals surface area contributed by atoms with Gasteiger partial charge in [-0.05, 0) is 29.8 Å². The van der Waals surface area contributed by atoms with Crippen LogP contribution in [0.15, 0.2) is 48.5 Å². The molecule has 2 aromatic carbocycles. The largest absolute Gasteiger partial charge is 0.489 e. The van der Waals surface area contributed by atoms with E-state index in [1.807, 2.05) is 18.2 Å². The summed E-state index contributed by atoms with van der Waals surface area (Å²) in [7, 11) is 1.60. The van der Waals surface area contributed by atoms with Gasteiger partial charge < -0.3 is 20.1 Å². The number of methoxy groups -OCH3 is 1. The smallest absolute Gasteiger partial charge is 0.319 e. The van der Waals surface area contributed by atoms with E-state index in [1.165, 1.54) is 0 Å². The van der Waals surface area contributed by atoms with Gasteiger partial charge in [-0.3, -0.25) is 0 Å². The maximum absolute atomic E-state index is 12.1. The van der Waals surface area contributed by atoms with Crippen molar-refractivity contribution in [3.63, 3.8) is 0 Å². The summed E-state index contributed by atoms with van der Waals surface area (Å²) in [6.07, 6.45) is 0. The number of rotatable bonds is 7. The molecule has 0 atom stereocenters. The summed E-state index contributed by atoms with van der Waals surface area (Å²) >= 11 is 0. The number of benzene rings is 2. The number of nitriles is 1. The minimum atomic E-state index is -0.347. The van der Waals surface area contributed by atoms with E-state index in [-0.39, 0.29) is 6.03 Å². The van der Waals surface area contributed by atoms with E-state index in [9.17, 15) is 4.79 Å². The minimum Gasteiger partial charge on any atom is -0.489 e. The molecule has 0 aliphatic rings. The molecular formula is C18H19N3O3. The molecule has 0 bridgehead atoms. The van der Waals surface area contributed by atoms with Gasteiger partial charge >= 0.3 is 6.03 Å². The fraction of sp³-hybridized carbons (Fsp3) is 0.222. The summed E-state index contributed by atoms with van der Waals surface area (Å²) in [5.41, 5.74) is 2.00. The van der Waals surface area contributed by atoms with E-state index in [0.29, 0.717) is 36.8 Å². The van der Waals surface area contributed by atoms with Gasteiger partial charge in [0.05, 0.1) is 23.9 Å². The number of hydrogen-bond acceptors (Lipinski definition) is 4. The monoisotopic (exact) mass is 325 g/mol. The molecule has 0 heterocycles. The van der Waals surface area contributed by atoms with Crippen molar-refractivity contribution >= 4 is 11.7 Å². The number of carbonyl (C=O) groups excluding carboxylic acids is 1. The molecule has 24 heavy (non-hydrogen) atoms. The normalized spacial score (nSPS) is 9.83. The quantitative estimate of drug-likeness (QED) is 0.767. The molecular weight excluding hydrogens is 306 g/mol. The van der Waals surface area contributed by atoms with Crippen LogP contribution >= 0.6 is 0 Å². The lowest BCUT2D eigenvalue weighted by molar-refractivity contribution is 0.146. The number of anilines is 1. The molecule has 124 valence electrons. The fourth-order valence-electron chi connectivity index (χ4n) is 2.03. The second-order valence-electron chi connectivity index (χ2n) is 4.96. The Balaban J connectivity index is 1.91.